The summed E-state index contributed by atoms with van der Waals surface area (Å²) in [4.78, 5) is 0.238. The molecule has 0 aromatic heterocycles. The molecule has 0 radical (unpaired) electrons. The van der Waals surface area contributed by atoms with Gasteiger partial charge in [0.2, 0.25) is 0 Å². The van der Waals surface area contributed by atoms with Crippen molar-refractivity contribution >= 4 is 10.1 Å². The lowest BCUT2D eigenvalue weighted by molar-refractivity contribution is 0.332. The minimum Gasteiger partial charge on any atom is -0.197 e. The third kappa shape index (κ3) is 2.86. The molecule has 96 valence electrons. The lowest BCUT2D eigenvalue weighted by Crippen LogP contribution is -2.16. The van der Waals surface area contributed by atoms with E-state index in [9.17, 15) is 8.42 Å². The fourth-order valence-corrected chi connectivity index (χ4v) is 3.07. The second-order valence-electron chi connectivity index (χ2n) is 3.85. The molecule has 0 fully saturated rings. The van der Waals surface area contributed by atoms with Gasteiger partial charge in [0.1, 0.15) is 4.90 Å². The zero-order valence-electron chi connectivity index (χ0n) is 10.5. The maximum Gasteiger partial charge on any atom is 0.313 e. The first-order chi connectivity index (χ1) is 8.00. The molecular weight excluding hydrogens is 238 g/mol. The Hall–Kier alpha value is -0.910. The Labute approximate surface area is 103 Å². The molecule has 0 unspecified atom stereocenters. The van der Waals surface area contributed by atoms with Gasteiger partial charge in [0.25, 0.3) is 0 Å². The summed E-state index contributed by atoms with van der Waals surface area (Å²) in [5.41, 5.74) is 2.67. The molecule has 5 heteroatoms. The van der Waals surface area contributed by atoms with Gasteiger partial charge in [0.15, 0.2) is 0 Å². The predicted molar refractivity (Wildman–Crippen MR) is 67.0 cm³/mol. The highest BCUT2D eigenvalue weighted by Crippen LogP contribution is 2.25. The van der Waals surface area contributed by atoms with E-state index in [0.717, 1.165) is 23.1 Å². The number of hydrogen-bond acceptors (Lipinski definition) is 4. The first-order valence-corrected chi connectivity index (χ1v) is 7.18. The van der Waals surface area contributed by atoms with Crippen molar-refractivity contribution in [3.8, 4) is 0 Å². The number of hydrogen-bond donors (Lipinski definition) is 1. The van der Waals surface area contributed by atoms with Crippen LogP contribution in [0.4, 0.5) is 0 Å². The van der Waals surface area contributed by atoms with Crippen LogP contribution in [-0.4, -0.2) is 8.42 Å². The van der Waals surface area contributed by atoms with Crippen molar-refractivity contribution in [1.29, 1.82) is 0 Å². The first kappa shape index (κ1) is 14.2. The summed E-state index contributed by atoms with van der Waals surface area (Å²) < 4.78 is 27.8. The molecule has 0 aliphatic carbocycles. The molecule has 0 saturated carbocycles. The Kier molecular flexibility index (Phi) is 4.68. The summed E-state index contributed by atoms with van der Waals surface area (Å²) in [6, 6.07) is 3.82. The van der Waals surface area contributed by atoms with Crippen molar-refractivity contribution in [1.82, 2.24) is 0 Å². The molecule has 0 aliphatic rings. The number of rotatable bonds is 5. The Morgan fingerprint density at radius 3 is 1.82 bits per heavy atom. The Bertz CT molecular complexity index is 469. The van der Waals surface area contributed by atoms with Gasteiger partial charge in [-0.2, -0.15) is 18.6 Å². The van der Waals surface area contributed by atoms with E-state index in [2.05, 4.69) is 4.28 Å². The van der Waals surface area contributed by atoms with Crippen LogP contribution < -0.4 is 5.90 Å². The molecule has 0 heterocycles. The predicted octanol–water partition coefficient (Wildman–Crippen LogP) is 1.95. The van der Waals surface area contributed by atoms with Gasteiger partial charge < -0.3 is 0 Å². The van der Waals surface area contributed by atoms with E-state index in [0.29, 0.717) is 12.8 Å². The highest BCUT2D eigenvalue weighted by atomic mass is 32.2. The Morgan fingerprint density at radius 1 is 1.06 bits per heavy atom. The largest absolute Gasteiger partial charge is 0.313 e. The van der Waals surface area contributed by atoms with Crippen LogP contribution in [0, 0.1) is 0 Å². The molecule has 0 bridgehead atoms. The van der Waals surface area contributed by atoms with E-state index in [1.54, 1.807) is 0 Å². The third-order valence-corrected chi connectivity index (χ3v) is 4.13. The molecular formula is C12H19NO3S. The topological polar surface area (TPSA) is 69.4 Å². The fraction of sp³-hybridized carbons (Fsp3) is 0.500. The summed E-state index contributed by atoms with van der Waals surface area (Å²) >= 11 is 0. The van der Waals surface area contributed by atoms with Crippen molar-refractivity contribution in [2.45, 2.75) is 44.9 Å². The second-order valence-corrected chi connectivity index (χ2v) is 5.36. The van der Waals surface area contributed by atoms with E-state index < -0.39 is 10.1 Å². The SMILES string of the molecule is CCc1cc(CC)c(S(=O)(=O)ON)c(CC)c1. The van der Waals surface area contributed by atoms with Gasteiger partial charge in [0.05, 0.1) is 0 Å². The highest BCUT2D eigenvalue weighted by molar-refractivity contribution is 7.86. The average Bonchev–Trinajstić information content (AvgIpc) is 2.36. The highest BCUT2D eigenvalue weighted by Gasteiger charge is 2.22. The van der Waals surface area contributed by atoms with Crippen LogP contribution in [0.3, 0.4) is 0 Å². The molecule has 0 saturated heterocycles. The summed E-state index contributed by atoms with van der Waals surface area (Å²) in [6.07, 6.45) is 2.15. The summed E-state index contributed by atoms with van der Waals surface area (Å²) in [6.45, 7) is 5.88. The quantitative estimate of drug-likeness (QED) is 0.819. The molecule has 2 N–H and O–H groups in total. The van der Waals surface area contributed by atoms with Gasteiger partial charge in [-0.25, -0.2) is 0 Å². The van der Waals surface area contributed by atoms with Gasteiger partial charge in [-0.3, -0.25) is 0 Å². The lowest BCUT2D eigenvalue weighted by Gasteiger charge is -2.14. The van der Waals surface area contributed by atoms with Crippen LogP contribution in [0.2, 0.25) is 0 Å². The molecule has 1 aromatic carbocycles. The van der Waals surface area contributed by atoms with Gasteiger partial charge in [-0.1, -0.05) is 32.9 Å². The van der Waals surface area contributed by atoms with Gasteiger partial charge >= 0.3 is 10.1 Å². The Balaban J connectivity index is 3.57. The molecule has 0 atom stereocenters. The van der Waals surface area contributed by atoms with Crippen LogP contribution in [0.1, 0.15) is 37.5 Å². The molecule has 0 aliphatic heterocycles. The molecule has 1 aromatic rings. The zero-order chi connectivity index (χ0) is 13.1. The van der Waals surface area contributed by atoms with E-state index in [1.165, 1.54) is 0 Å². The molecule has 0 amide bonds. The van der Waals surface area contributed by atoms with Crippen molar-refractivity contribution in [3.63, 3.8) is 0 Å². The van der Waals surface area contributed by atoms with E-state index in [4.69, 9.17) is 5.90 Å². The van der Waals surface area contributed by atoms with Crippen molar-refractivity contribution in [2.24, 2.45) is 5.90 Å². The lowest BCUT2D eigenvalue weighted by atomic mass is 10.0. The molecule has 4 nitrogen and oxygen atoms in total. The van der Waals surface area contributed by atoms with E-state index >= 15 is 0 Å². The number of benzene rings is 1. The van der Waals surface area contributed by atoms with Gasteiger partial charge in [-0.15, -0.1) is 0 Å². The maximum atomic E-state index is 11.8. The van der Waals surface area contributed by atoms with Crippen molar-refractivity contribution in [3.05, 3.63) is 28.8 Å². The smallest absolute Gasteiger partial charge is 0.197 e. The number of aryl methyl sites for hydroxylation is 3. The van der Waals surface area contributed by atoms with Gasteiger partial charge in [-0.05, 0) is 36.0 Å². The van der Waals surface area contributed by atoms with Crippen LogP contribution in [0.15, 0.2) is 17.0 Å². The summed E-state index contributed by atoms with van der Waals surface area (Å²) in [5, 5.41) is 0. The maximum absolute atomic E-state index is 11.8. The molecule has 0 spiro atoms. The summed E-state index contributed by atoms with van der Waals surface area (Å²) in [5.74, 6) is 4.87. The second kappa shape index (κ2) is 5.62. The third-order valence-electron chi connectivity index (χ3n) is 2.85. The fourth-order valence-electron chi connectivity index (χ4n) is 1.93. The van der Waals surface area contributed by atoms with Crippen LogP contribution >= 0.6 is 0 Å². The summed E-state index contributed by atoms with van der Waals surface area (Å²) in [7, 11) is -3.83. The first-order valence-electron chi connectivity index (χ1n) is 5.78. The van der Waals surface area contributed by atoms with Crippen LogP contribution in [-0.2, 0) is 33.7 Å². The van der Waals surface area contributed by atoms with Crippen molar-refractivity contribution < 1.29 is 12.7 Å². The normalized spacial score (nSPS) is 11.8. The minimum atomic E-state index is -3.83. The van der Waals surface area contributed by atoms with Crippen LogP contribution in [0.5, 0.6) is 0 Å². The monoisotopic (exact) mass is 257 g/mol. The Morgan fingerprint density at radius 2 is 1.53 bits per heavy atom. The van der Waals surface area contributed by atoms with E-state index in [-0.39, 0.29) is 4.90 Å². The van der Waals surface area contributed by atoms with Crippen LogP contribution in [0.25, 0.3) is 0 Å². The minimum absolute atomic E-state index is 0.238. The standard InChI is InChI=1S/C12H19NO3S/c1-4-9-7-10(5-2)12(11(6-3)8-9)17(14,15)16-13/h7-8H,4-6,13H2,1-3H3. The molecule has 17 heavy (non-hydrogen) atoms. The van der Waals surface area contributed by atoms with Gasteiger partial charge in [0, 0.05) is 0 Å². The van der Waals surface area contributed by atoms with Crippen molar-refractivity contribution in [2.75, 3.05) is 0 Å². The number of nitrogens with two attached hydrogens (primary N) is 1. The average molecular weight is 257 g/mol. The zero-order valence-corrected chi connectivity index (χ0v) is 11.3. The van der Waals surface area contributed by atoms with E-state index in [1.807, 2.05) is 32.9 Å². The molecule has 1 rings (SSSR count).